The first-order chi connectivity index (χ1) is 63.0. The standard InChI is InChI=1S/C12H15N3.C11H19N.C10H18N2.C10H17N.C10H16.C9H12F3N.4C9H15N.C8H11F3N2.C8H14N2/c1-9(2)12-8-10(3)14-15(12)11-4-6-13-7-5-11;1-5-9-7-12-10(6-2)11(9)8(3)4;1-7(2)10-6-9(5)11-12(10)8(3)4;1-5-9-10(7(2)3)8(4)6-11-9;1-7(2)10-8(3)5-6-9(10)4;1-5(2)8-6(3)13-4-7(8)9(10,11)12;4*1-6(2)9-7(3)5-10-8(9)4;1-5(2)6-4-7(8(9,10)11)12-13(6)3;1-6(2)8-5-7(3)9-10(8)4/h4-9H,1-3H3;8H,5-7H2,1-4H3;6-8H,1-5H3;7H,5-6H2,1-4H3;5,7H,6H2,1-4H3;5H,4H2,1-3H3;3*6H,5H2,1-4H3;5-6,10H,1-4H3;4-5H,1-3H3;5-6H,1-4H3. The lowest BCUT2D eigenvalue weighted by atomic mass is 9.93. The maximum Gasteiger partial charge on any atom is 0.435 e. The number of nitrogens with zero attached hydrogens (tertiary/aromatic N) is 15. The van der Waals surface area contributed by atoms with Gasteiger partial charge in [-0.05, 0) is 329 Å². The van der Waals surface area contributed by atoms with Gasteiger partial charge in [-0.2, -0.15) is 46.7 Å². The molecule has 0 unspecified atom stereocenters. The molecule has 760 valence electrons. The zero-order valence-electron chi connectivity index (χ0n) is 93.3. The Morgan fingerprint density at radius 1 is 0.353 bits per heavy atom. The first-order valence-electron chi connectivity index (χ1n) is 50.1. The van der Waals surface area contributed by atoms with Gasteiger partial charge in [0.1, 0.15) is 0 Å². The number of hydrogen-bond donors (Lipinski definition) is 1. The number of aromatic nitrogens is 10. The fourth-order valence-electron chi connectivity index (χ4n) is 18.8. The van der Waals surface area contributed by atoms with E-state index >= 15 is 0 Å². The second-order valence-corrected chi connectivity index (χ2v) is 41.0. The van der Waals surface area contributed by atoms with Crippen molar-refractivity contribution in [3.63, 3.8) is 0 Å². The van der Waals surface area contributed by atoms with Crippen LogP contribution in [0.2, 0.25) is 0 Å². The van der Waals surface area contributed by atoms with Gasteiger partial charge in [-0.25, -0.2) is 4.68 Å². The topological polar surface area (TPSA) is 174 Å². The summed E-state index contributed by atoms with van der Waals surface area (Å²) in [5, 5.41) is 16.6. The van der Waals surface area contributed by atoms with Crippen LogP contribution in [-0.4, -0.2) is 129 Å². The van der Waals surface area contributed by atoms with Crippen molar-refractivity contribution in [2.45, 2.75) is 378 Å². The molecule has 1 aliphatic carbocycles. The van der Waals surface area contributed by atoms with Gasteiger partial charge in [0.2, 0.25) is 0 Å². The molecule has 6 aliphatic heterocycles. The Morgan fingerprint density at radius 3 is 0.993 bits per heavy atom. The van der Waals surface area contributed by atoms with Gasteiger partial charge in [-0.1, -0.05) is 204 Å². The Hall–Kier alpha value is -9.21. The van der Waals surface area contributed by atoms with Crippen LogP contribution in [0.5, 0.6) is 0 Å². The normalized spacial score (nSPS) is 15.3. The van der Waals surface area contributed by atoms with Crippen molar-refractivity contribution in [2.24, 2.45) is 85.5 Å². The minimum absolute atomic E-state index is 0.0496. The first-order valence-corrected chi connectivity index (χ1v) is 50.1. The van der Waals surface area contributed by atoms with Crippen LogP contribution >= 0.6 is 0 Å². The van der Waals surface area contributed by atoms with E-state index in [0.29, 0.717) is 82.2 Å². The maximum absolute atomic E-state index is 12.4. The van der Waals surface area contributed by atoms with Gasteiger partial charge in [0, 0.05) is 101 Å². The summed E-state index contributed by atoms with van der Waals surface area (Å²) in [4.78, 5) is 33.2. The molecule has 0 atom stereocenters. The Balaban J connectivity index is 0.000000503. The predicted molar refractivity (Wildman–Crippen MR) is 574 cm³/mol. The van der Waals surface area contributed by atoms with E-state index in [-0.39, 0.29) is 18.4 Å². The summed E-state index contributed by atoms with van der Waals surface area (Å²) in [6.45, 7) is 98.5. The Kier molecular flexibility index (Phi) is 51.8. The van der Waals surface area contributed by atoms with Gasteiger partial charge in [-0.15, -0.1) is 0 Å². The van der Waals surface area contributed by atoms with E-state index in [1.54, 1.807) is 55.5 Å². The number of H-pyrrole nitrogens is 1. The molecule has 0 bridgehead atoms. The van der Waals surface area contributed by atoms with Crippen LogP contribution in [0.3, 0.4) is 0 Å². The van der Waals surface area contributed by atoms with Crippen LogP contribution in [0.1, 0.15) is 394 Å². The van der Waals surface area contributed by atoms with E-state index < -0.39 is 23.6 Å². The lowest BCUT2D eigenvalue weighted by molar-refractivity contribution is -0.141. The van der Waals surface area contributed by atoms with Gasteiger partial charge >= 0.3 is 12.4 Å². The predicted octanol–water partition coefficient (Wildman–Crippen LogP) is 32.4. The minimum atomic E-state index is -4.34. The number of alkyl halides is 6. The molecular formula is C114H182F6N16. The molecule has 0 amide bonds. The lowest BCUT2D eigenvalue weighted by Crippen LogP contribution is -2.17. The second-order valence-electron chi connectivity index (χ2n) is 41.0. The molecular weight excluding hydrogens is 1710 g/mol. The number of halogens is 6. The van der Waals surface area contributed by atoms with Crippen molar-refractivity contribution in [1.29, 1.82) is 0 Å². The summed E-state index contributed by atoms with van der Waals surface area (Å²) in [5.74, 6) is 6.14. The largest absolute Gasteiger partial charge is 0.435 e. The summed E-state index contributed by atoms with van der Waals surface area (Å²) in [6, 6.07) is 11.9. The third-order valence-electron chi connectivity index (χ3n) is 24.6. The third kappa shape index (κ3) is 37.8. The molecule has 0 aromatic carbocycles. The third-order valence-corrected chi connectivity index (χ3v) is 24.6. The summed E-state index contributed by atoms with van der Waals surface area (Å²) >= 11 is 0. The van der Waals surface area contributed by atoms with Crippen LogP contribution in [0.4, 0.5) is 26.3 Å². The smallest absolute Gasteiger partial charge is 0.365 e. The molecule has 0 saturated carbocycles. The van der Waals surface area contributed by atoms with E-state index in [1.807, 2.05) is 63.2 Å². The number of aliphatic imine (C=N–C) groups is 6. The SMILES string of the molecule is CC(C)c1cc(C(F)(F)F)nn1C.CC1=CCC(C)=C1C(C)C.CC1=NCC(C(F)(F)F)=C1C(C)C.CC1=NCC(C)=C1C(C)C.CC1=NCC(C)=C1C(C)C.CC1=NCC(C)=C1C(C)C.CCC1=NCC(C)=C1C(C)C.CCC1=NCC(CC)=C1C(C)C.Cc1c[nH]c(C)c1C(C)C.Cc1cc(C(C)C)n(-c2ccncc2)n1.Cc1cc(C(C)C)n(C(C)C)n1.Cc1cc(C(C)C)n(C)n1. The molecule has 13 rings (SSSR count). The Morgan fingerprint density at radius 2 is 0.721 bits per heavy atom. The fraction of sp³-hybridized carbons (Fsp3) is 0.623. The number of aromatic amines is 1. The fourth-order valence-corrected chi connectivity index (χ4v) is 18.8. The molecule has 12 heterocycles. The van der Waals surface area contributed by atoms with Crippen LogP contribution in [-0.2, 0) is 20.3 Å². The van der Waals surface area contributed by atoms with Gasteiger partial charge < -0.3 is 4.98 Å². The number of hydrogen-bond acceptors (Lipinski definition) is 11. The number of rotatable bonds is 17. The van der Waals surface area contributed by atoms with Crippen molar-refractivity contribution < 1.29 is 26.3 Å². The van der Waals surface area contributed by atoms with Crippen molar-refractivity contribution in [3.8, 4) is 5.69 Å². The number of allylic oxidation sites excluding steroid dienone is 10. The van der Waals surface area contributed by atoms with Crippen molar-refractivity contribution in [3.05, 3.63) is 207 Å². The van der Waals surface area contributed by atoms with E-state index in [4.69, 9.17) is 0 Å². The van der Waals surface area contributed by atoms with Crippen molar-refractivity contribution in [1.82, 2.24) is 49.1 Å². The van der Waals surface area contributed by atoms with Crippen molar-refractivity contribution >= 4 is 34.3 Å². The van der Waals surface area contributed by atoms with E-state index in [9.17, 15) is 26.3 Å². The lowest BCUT2D eigenvalue weighted by Gasteiger charge is -2.13. The second kappa shape index (κ2) is 57.4. The zero-order valence-corrected chi connectivity index (χ0v) is 93.3. The molecule has 1 N–H and O–H groups in total. The molecule has 6 aromatic rings. The van der Waals surface area contributed by atoms with Gasteiger partial charge in [0.15, 0.2) is 5.69 Å². The number of aryl methyl sites for hydroxylation is 7. The molecule has 16 nitrogen and oxygen atoms in total. The minimum Gasteiger partial charge on any atom is -0.365 e. The maximum atomic E-state index is 12.4. The average Bonchev–Trinajstić information content (AvgIpc) is 1.61. The highest BCUT2D eigenvalue weighted by Crippen LogP contribution is 2.37. The van der Waals surface area contributed by atoms with Crippen LogP contribution < -0.4 is 0 Å². The molecule has 136 heavy (non-hydrogen) atoms. The summed E-state index contributed by atoms with van der Waals surface area (Å²) in [5.41, 5.74) is 38.5. The van der Waals surface area contributed by atoms with Gasteiger partial charge in [-0.3, -0.25) is 49.0 Å². The Labute approximate surface area is 820 Å². The highest BCUT2D eigenvalue weighted by Gasteiger charge is 2.40. The number of nitrogens with one attached hydrogen (secondary N) is 1. The molecule has 22 heteroatoms. The summed E-state index contributed by atoms with van der Waals surface area (Å²) in [7, 11) is 3.51. The van der Waals surface area contributed by atoms with Gasteiger partial charge in [0.05, 0.1) is 67.6 Å². The van der Waals surface area contributed by atoms with Gasteiger partial charge in [0.25, 0.3) is 0 Å². The Bertz CT molecular complexity index is 5020. The molecule has 0 saturated heterocycles. The van der Waals surface area contributed by atoms with E-state index in [0.717, 1.165) is 74.4 Å². The van der Waals surface area contributed by atoms with E-state index in [2.05, 4.69) is 345 Å². The number of pyridine rings is 1. The van der Waals surface area contributed by atoms with Crippen LogP contribution in [0, 0.1) is 76.0 Å². The monoisotopic (exact) mass is 1890 g/mol. The first kappa shape index (κ1) is 123. The summed E-state index contributed by atoms with van der Waals surface area (Å²) in [6.07, 6.45) is 3.94. The quantitative estimate of drug-likeness (QED) is 0.0893. The average molecular weight is 1890 g/mol. The highest BCUT2D eigenvalue weighted by molar-refractivity contribution is 6.04. The van der Waals surface area contributed by atoms with Crippen LogP contribution in [0.25, 0.3) is 5.69 Å². The molecule has 0 fully saturated rings. The van der Waals surface area contributed by atoms with Crippen molar-refractivity contribution in [2.75, 3.05) is 39.3 Å². The molecule has 7 aliphatic rings. The highest BCUT2D eigenvalue weighted by atomic mass is 19.4. The molecule has 0 radical (unpaired) electrons. The molecule has 0 spiro atoms. The van der Waals surface area contributed by atoms with E-state index in [1.165, 1.54) is 137 Å². The summed E-state index contributed by atoms with van der Waals surface area (Å²) < 4.78 is 81.1. The molecule has 6 aromatic heterocycles. The zero-order chi connectivity index (χ0) is 104. The van der Waals surface area contributed by atoms with Crippen LogP contribution in [0.15, 0.2) is 175 Å².